The first-order chi connectivity index (χ1) is 9.06. The highest BCUT2D eigenvalue weighted by Crippen LogP contribution is 2.19. The van der Waals surface area contributed by atoms with Gasteiger partial charge in [0.05, 0.1) is 11.6 Å². The van der Waals surface area contributed by atoms with Crippen LogP contribution in [0.5, 0.6) is 0 Å². The number of carbonyl (C=O) groups is 1. The second-order valence-corrected chi connectivity index (χ2v) is 4.68. The number of carbonyl (C=O) groups excluding carboxylic acids is 1. The summed E-state index contributed by atoms with van der Waals surface area (Å²) in [6, 6.07) is 11.6. The average molecular weight is 278 g/mol. The summed E-state index contributed by atoms with van der Waals surface area (Å²) in [6.45, 7) is 2.11. The number of benzene rings is 2. The second-order valence-electron chi connectivity index (χ2n) is 4.27. The van der Waals surface area contributed by atoms with Gasteiger partial charge < -0.3 is 5.32 Å². The first kappa shape index (κ1) is 13.6. The Morgan fingerprint density at radius 2 is 1.89 bits per heavy atom. The van der Waals surface area contributed by atoms with Crippen molar-refractivity contribution >= 4 is 23.1 Å². The molecule has 0 unspecified atom stereocenters. The molecule has 0 aliphatic heterocycles. The third kappa shape index (κ3) is 3.55. The maximum absolute atomic E-state index is 13.0. The SMILES string of the molecule is Cc1ccc(C(=O)CNc2ccc(F)c(Cl)c2)cc1. The monoisotopic (exact) mass is 277 g/mol. The molecule has 2 rings (SSSR count). The van der Waals surface area contributed by atoms with Gasteiger partial charge in [0.1, 0.15) is 5.82 Å². The van der Waals surface area contributed by atoms with Crippen LogP contribution in [0.2, 0.25) is 5.02 Å². The molecule has 0 saturated heterocycles. The van der Waals surface area contributed by atoms with Gasteiger partial charge >= 0.3 is 0 Å². The highest BCUT2D eigenvalue weighted by atomic mass is 35.5. The predicted octanol–water partition coefficient (Wildman–Crippen LogP) is 4.08. The van der Waals surface area contributed by atoms with Crippen LogP contribution in [-0.4, -0.2) is 12.3 Å². The maximum Gasteiger partial charge on any atom is 0.181 e. The molecule has 0 atom stereocenters. The van der Waals surface area contributed by atoms with Crippen LogP contribution in [0, 0.1) is 12.7 Å². The number of hydrogen-bond donors (Lipinski definition) is 1. The van der Waals surface area contributed by atoms with E-state index in [0.717, 1.165) is 5.56 Å². The van der Waals surface area contributed by atoms with Gasteiger partial charge in [0.2, 0.25) is 0 Å². The first-order valence-electron chi connectivity index (χ1n) is 5.85. The Bertz CT molecular complexity index is 596. The van der Waals surface area contributed by atoms with Crippen LogP contribution in [0.1, 0.15) is 15.9 Å². The van der Waals surface area contributed by atoms with Crippen molar-refractivity contribution in [1.29, 1.82) is 0 Å². The maximum atomic E-state index is 13.0. The number of nitrogens with one attached hydrogen (secondary N) is 1. The third-order valence-electron chi connectivity index (χ3n) is 2.75. The predicted molar refractivity (Wildman–Crippen MR) is 75.4 cm³/mol. The minimum Gasteiger partial charge on any atom is -0.378 e. The molecular formula is C15H13ClFNO. The molecule has 0 bridgehead atoms. The average Bonchev–Trinajstić information content (AvgIpc) is 2.40. The zero-order valence-electron chi connectivity index (χ0n) is 10.4. The van der Waals surface area contributed by atoms with Crippen LogP contribution in [-0.2, 0) is 0 Å². The van der Waals surface area contributed by atoms with Crippen molar-refractivity contribution in [3.8, 4) is 0 Å². The molecule has 2 nitrogen and oxygen atoms in total. The normalized spacial score (nSPS) is 10.3. The van der Waals surface area contributed by atoms with E-state index in [-0.39, 0.29) is 17.4 Å². The van der Waals surface area contributed by atoms with E-state index in [9.17, 15) is 9.18 Å². The summed E-state index contributed by atoms with van der Waals surface area (Å²) in [4.78, 5) is 11.9. The van der Waals surface area contributed by atoms with Crippen molar-refractivity contribution in [2.75, 3.05) is 11.9 Å². The molecule has 4 heteroatoms. The fourth-order valence-electron chi connectivity index (χ4n) is 1.63. The zero-order valence-corrected chi connectivity index (χ0v) is 11.2. The molecule has 0 fully saturated rings. The molecule has 0 radical (unpaired) electrons. The highest BCUT2D eigenvalue weighted by molar-refractivity contribution is 6.31. The first-order valence-corrected chi connectivity index (χ1v) is 6.23. The minimum atomic E-state index is -0.475. The summed E-state index contributed by atoms with van der Waals surface area (Å²) in [5, 5.41) is 2.96. The van der Waals surface area contributed by atoms with Crippen LogP contribution >= 0.6 is 11.6 Å². The molecule has 2 aromatic carbocycles. The van der Waals surface area contributed by atoms with Crippen LogP contribution < -0.4 is 5.32 Å². The van der Waals surface area contributed by atoms with Crippen LogP contribution in [0.25, 0.3) is 0 Å². The Kier molecular flexibility index (Phi) is 4.17. The van der Waals surface area contributed by atoms with Gasteiger partial charge in [0.25, 0.3) is 0 Å². The van der Waals surface area contributed by atoms with E-state index in [1.54, 1.807) is 18.2 Å². The number of ketones is 1. The summed E-state index contributed by atoms with van der Waals surface area (Å²) in [5.41, 5.74) is 2.37. The second kappa shape index (κ2) is 5.85. The number of halogens is 2. The van der Waals surface area contributed by atoms with Crippen LogP contribution in [0.15, 0.2) is 42.5 Å². The number of anilines is 1. The van der Waals surface area contributed by atoms with E-state index in [1.165, 1.54) is 12.1 Å². The number of aryl methyl sites for hydroxylation is 1. The van der Waals surface area contributed by atoms with Crippen molar-refractivity contribution in [1.82, 2.24) is 0 Å². The molecule has 0 amide bonds. The fourth-order valence-corrected chi connectivity index (χ4v) is 1.81. The topological polar surface area (TPSA) is 29.1 Å². The quantitative estimate of drug-likeness (QED) is 0.853. The zero-order chi connectivity index (χ0) is 13.8. The minimum absolute atomic E-state index is 0.0274. The lowest BCUT2D eigenvalue weighted by atomic mass is 10.1. The van der Waals surface area contributed by atoms with E-state index < -0.39 is 5.82 Å². The standard InChI is InChI=1S/C15H13ClFNO/c1-10-2-4-11(5-3-10)15(19)9-18-12-6-7-14(17)13(16)8-12/h2-8,18H,9H2,1H3. The van der Waals surface area contributed by atoms with E-state index in [1.807, 2.05) is 19.1 Å². The summed E-state index contributed by atoms with van der Waals surface area (Å²) < 4.78 is 13.0. The molecule has 19 heavy (non-hydrogen) atoms. The Morgan fingerprint density at radius 3 is 2.53 bits per heavy atom. The fraction of sp³-hybridized carbons (Fsp3) is 0.133. The molecule has 2 aromatic rings. The third-order valence-corrected chi connectivity index (χ3v) is 3.04. The molecule has 0 spiro atoms. The molecule has 98 valence electrons. The lowest BCUT2D eigenvalue weighted by Gasteiger charge is -2.07. The molecule has 1 N–H and O–H groups in total. The molecule has 0 aliphatic carbocycles. The van der Waals surface area contributed by atoms with Gasteiger partial charge in [-0.2, -0.15) is 0 Å². The van der Waals surface area contributed by atoms with Crippen molar-refractivity contribution < 1.29 is 9.18 Å². The van der Waals surface area contributed by atoms with Gasteiger partial charge in [-0.3, -0.25) is 4.79 Å². The van der Waals surface area contributed by atoms with Gasteiger partial charge in [-0.1, -0.05) is 41.4 Å². The molecule has 0 aliphatic rings. The summed E-state index contributed by atoms with van der Waals surface area (Å²) in [6.07, 6.45) is 0. The number of Topliss-reactive ketones (excluding diaryl/α,β-unsaturated/α-hetero) is 1. The smallest absolute Gasteiger partial charge is 0.181 e. The van der Waals surface area contributed by atoms with Crippen molar-refractivity contribution in [3.05, 3.63) is 64.4 Å². The molecule has 0 saturated carbocycles. The summed E-state index contributed by atoms with van der Waals surface area (Å²) >= 11 is 5.66. The largest absolute Gasteiger partial charge is 0.378 e. The van der Waals surface area contributed by atoms with Gasteiger partial charge in [0.15, 0.2) is 5.78 Å². The molecular weight excluding hydrogens is 265 g/mol. The Morgan fingerprint density at radius 1 is 1.21 bits per heavy atom. The van der Waals surface area contributed by atoms with Crippen LogP contribution in [0.3, 0.4) is 0 Å². The summed E-state index contributed by atoms with van der Waals surface area (Å²) in [7, 11) is 0. The Labute approximate surface area is 116 Å². The van der Waals surface area contributed by atoms with Crippen molar-refractivity contribution in [3.63, 3.8) is 0 Å². The van der Waals surface area contributed by atoms with E-state index in [4.69, 9.17) is 11.6 Å². The lowest BCUT2D eigenvalue weighted by molar-refractivity contribution is 0.101. The lowest BCUT2D eigenvalue weighted by Crippen LogP contribution is -2.13. The van der Waals surface area contributed by atoms with Gasteiger partial charge in [-0.25, -0.2) is 4.39 Å². The van der Waals surface area contributed by atoms with Crippen molar-refractivity contribution in [2.45, 2.75) is 6.92 Å². The van der Waals surface area contributed by atoms with Crippen LogP contribution in [0.4, 0.5) is 10.1 Å². The summed E-state index contributed by atoms with van der Waals surface area (Å²) in [5.74, 6) is -0.502. The van der Waals surface area contributed by atoms with Gasteiger partial charge in [0, 0.05) is 11.3 Å². The van der Waals surface area contributed by atoms with Gasteiger partial charge in [-0.05, 0) is 25.1 Å². The molecule has 0 aromatic heterocycles. The van der Waals surface area contributed by atoms with Gasteiger partial charge in [-0.15, -0.1) is 0 Å². The van der Waals surface area contributed by atoms with E-state index >= 15 is 0 Å². The Hall–Kier alpha value is -1.87. The number of rotatable bonds is 4. The van der Waals surface area contributed by atoms with E-state index in [2.05, 4.69) is 5.32 Å². The highest BCUT2D eigenvalue weighted by Gasteiger charge is 2.06. The number of hydrogen-bond acceptors (Lipinski definition) is 2. The molecule has 0 heterocycles. The van der Waals surface area contributed by atoms with E-state index in [0.29, 0.717) is 11.3 Å². The Balaban J connectivity index is 2.00. The van der Waals surface area contributed by atoms with Crippen molar-refractivity contribution in [2.24, 2.45) is 0 Å².